The van der Waals surface area contributed by atoms with E-state index in [0.29, 0.717) is 0 Å². The minimum Gasteiger partial charge on any atom is -0.233 e. The lowest BCUT2D eigenvalue weighted by Gasteiger charge is -2.02. The van der Waals surface area contributed by atoms with Crippen LogP contribution in [0.1, 0.15) is 11.1 Å². The Balaban J connectivity index is 1.13. The average molecular weight is 431 g/mol. The van der Waals surface area contributed by atoms with Gasteiger partial charge in [-0.25, -0.2) is 9.13 Å². The summed E-state index contributed by atoms with van der Waals surface area (Å²) in [6, 6.07) is 30.4. The molecule has 0 aliphatic heterocycles. The molecule has 0 bridgehead atoms. The molecule has 33 heavy (non-hydrogen) atoms. The van der Waals surface area contributed by atoms with Crippen LogP contribution in [0.2, 0.25) is 0 Å². The van der Waals surface area contributed by atoms with Crippen molar-refractivity contribution in [3.05, 3.63) is 133 Å². The van der Waals surface area contributed by atoms with Crippen LogP contribution in [0.25, 0.3) is 21.5 Å². The van der Waals surface area contributed by atoms with E-state index in [1.807, 2.05) is 0 Å². The lowest BCUT2D eigenvalue weighted by molar-refractivity contribution is -0.688. The van der Waals surface area contributed by atoms with Gasteiger partial charge in [-0.05, 0) is 44.8 Å². The Morgan fingerprint density at radius 3 is 1.45 bits per heavy atom. The first-order valence-electron chi connectivity index (χ1n) is 11.3. The highest BCUT2D eigenvalue weighted by molar-refractivity contribution is 5.83. The van der Waals surface area contributed by atoms with Gasteiger partial charge in [-0.2, -0.15) is 9.13 Å². The second-order valence-corrected chi connectivity index (χ2v) is 8.70. The van der Waals surface area contributed by atoms with Crippen molar-refractivity contribution >= 4 is 21.5 Å². The fourth-order valence-electron chi connectivity index (χ4n) is 4.52. The van der Waals surface area contributed by atoms with Gasteiger partial charge in [0.05, 0.1) is 0 Å². The van der Waals surface area contributed by atoms with Gasteiger partial charge >= 0.3 is 0 Å². The zero-order valence-corrected chi connectivity index (χ0v) is 18.5. The van der Waals surface area contributed by atoms with Gasteiger partial charge in [0.1, 0.15) is 37.9 Å². The molecule has 4 heteroatoms. The van der Waals surface area contributed by atoms with Crippen LogP contribution in [0.3, 0.4) is 0 Å². The molecule has 0 N–H and O–H groups in total. The Morgan fingerprint density at radius 1 is 0.515 bits per heavy atom. The molecule has 0 radical (unpaired) electrons. The van der Waals surface area contributed by atoms with Crippen molar-refractivity contribution in [1.82, 2.24) is 9.13 Å². The first-order chi connectivity index (χ1) is 16.3. The van der Waals surface area contributed by atoms with Crippen molar-refractivity contribution in [2.45, 2.75) is 19.8 Å². The van der Waals surface area contributed by atoms with Crippen molar-refractivity contribution < 1.29 is 9.13 Å². The number of hydrogen-bond donors (Lipinski definition) is 0. The third-order valence-electron chi connectivity index (χ3n) is 6.18. The van der Waals surface area contributed by atoms with E-state index in [9.17, 15) is 0 Å². The molecule has 2 aromatic heterocycles. The molecule has 2 heterocycles. The molecule has 0 atom stereocenters. The van der Waals surface area contributed by atoms with Crippen molar-refractivity contribution in [1.29, 1.82) is 0 Å². The van der Waals surface area contributed by atoms with E-state index in [2.05, 4.69) is 141 Å². The molecular formula is C29H26N4+2. The summed E-state index contributed by atoms with van der Waals surface area (Å²) in [6.45, 7) is 2.52. The molecule has 6 rings (SSSR count). The first kappa shape index (κ1) is 19.5. The molecule has 0 amide bonds. The van der Waals surface area contributed by atoms with Gasteiger partial charge in [-0.1, -0.05) is 72.8 Å². The molecule has 0 spiro atoms. The van der Waals surface area contributed by atoms with E-state index in [0.717, 1.165) is 19.8 Å². The van der Waals surface area contributed by atoms with E-state index in [4.69, 9.17) is 0 Å². The summed E-state index contributed by atoms with van der Waals surface area (Å²) in [5.74, 6) is 0. The van der Waals surface area contributed by atoms with Crippen LogP contribution in [-0.2, 0) is 19.8 Å². The fraction of sp³-hybridized carbons (Fsp3) is 0.103. The van der Waals surface area contributed by atoms with E-state index >= 15 is 0 Å². The Bertz CT molecular complexity index is 1440. The van der Waals surface area contributed by atoms with E-state index < -0.39 is 0 Å². The smallest absolute Gasteiger partial charge is 0.233 e. The van der Waals surface area contributed by atoms with Gasteiger partial charge < -0.3 is 0 Å². The number of imidazole rings is 2. The van der Waals surface area contributed by atoms with Crippen LogP contribution < -0.4 is 9.13 Å². The normalized spacial score (nSPS) is 11.4. The number of hydrogen-bond acceptors (Lipinski definition) is 0. The summed E-state index contributed by atoms with van der Waals surface area (Å²) in [4.78, 5) is 0. The zero-order chi connectivity index (χ0) is 22.0. The second kappa shape index (κ2) is 8.40. The number of nitrogens with zero attached hydrogens (tertiary/aromatic N) is 4. The molecule has 160 valence electrons. The Hall–Kier alpha value is -4.18. The first-order valence-corrected chi connectivity index (χ1v) is 11.3. The number of rotatable bonds is 6. The summed E-state index contributed by atoms with van der Waals surface area (Å²) in [7, 11) is 0. The van der Waals surface area contributed by atoms with Crippen molar-refractivity contribution in [3.8, 4) is 0 Å². The predicted molar refractivity (Wildman–Crippen MR) is 131 cm³/mol. The third kappa shape index (κ3) is 4.28. The van der Waals surface area contributed by atoms with Gasteiger partial charge in [0, 0.05) is 0 Å². The highest BCUT2D eigenvalue weighted by atomic mass is 15.2. The van der Waals surface area contributed by atoms with Crippen molar-refractivity contribution in [2.24, 2.45) is 0 Å². The molecule has 4 aromatic carbocycles. The lowest BCUT2D eigenvalue weighted by atomic mass is 10.1. The molecule has 6 aromatic rings. The monoisotopic (exact) mass is 430 g/mol. The molecule has 0 aliphatic rings. The highest BCUT2D eigenvalue weighted by Crippen LogP contribution is 2.16. The maximum absolute atomic E-state index is 2.28. The van der Waals surface area contributed by atoms with Gasteiger partial charge in [-0.3, -0.25) is 0 Å². The van der Waals surface area contributed by atoms with Crippen LogP contribution in [0.4, 0.5) is 0 Å². The summed E-state index contributed by atoms with van der Waals surface area (Å²) in [5.41, 5.74) is 2.62. The third-order valence-corrected chi connectivity index (χ3v) is 6.18. The van der Waals surface area contributed by atoms with Crippen LogP contribution in [-0.4, -0.2) is 9.13 Å². The second-order valence-electron chi connectivity index (χ2n) is 8.70. The Kier molecular flexibility index (Phi) is 4.96. The molecule has 0 unspecified atom stereocenters. The lowest BCUT2D eigenvalue weighted by Crippen LogP contribution is -2.32. The number of aromatic nitrogens is 4. The SMILES string of the molecule is c1ccc2cc(C[n+]3ccn(Cn4cc[n+](Cc5ccc6ccccc6c5)c4)c3)ccc2c1. The van der Waals surface area contributed by atoms with Crippen molar-refractivity contribution in [2.75, 3.05) is 0 Å². The number of benzene rings is 4. The molecular weight excluding hydrogens is 404 g/mol. The van der Waals surface area contributed by atoms with Crippen LogP contribution in [0.5, 0.6) is 0 Å². The largest absolute Gasteiger partial charge is 0.247 e. The molecule has 0 saturated heterocycles. The summed E-state index contributed by atoms with van der Waals surface area (Å²) in [6.07, 6.45) is 12.9. The topological polar surface area (TPSA) is 17.6 Å². The maximum Gasteiger partial charge on any atom is 0.247 e. The van der Waals surface area contributed by atoms with E-state index in [1.54, 1.807) is 0 Å². The van der Waals surface area contributed by atoms with Crippen molar-refractivity contribution in [3.63, 3.8) is 0 Å². The number of fused-ring (bicyclic) bond motifs is 2. The van der Waals surface area contributed by atoms with Gasteiger partial charge in [0.15, 0.2) is 0 Å². The highest BCUT2D eigenvalue weighted by Gasteiger charge is 2.10. The Morgan fingerprint density at radius 2 is 0.970 bits per heavy atom. The fourth-order valence-corrected chi connectivity index (χ4v) is 4.52. The summed E-state index contributed by atoms with van der Waals surface area (Å²) >= 11 is 0. The zero-order valence-electron chi connectivity index (χ0n) is 18.5. The summed E-state index contributed by atoms with van der Waals surface area (Å²) in [5, 5.41) is 5.15. The van der Waals surface area contributed by atoms with Crippen LogP contribution >= 0.6 is 0 Å². The van der Waals surface area contributed by atoms with Gasteiger partial charge in [0.25, 0.3) is 0 Å². The minimum atomic E-state index is 0.787. The molecule has 0 aliphatic carbocycles. The minimum absolute atomic E-state index is 0.787. The van der Waals surface area contributed by atoms with Gasteiger partial charge in [-0.15, -0.1) is 0 Å². The average Bonchev–Trinajstić information content (AvgIpc) is 3.48. The molecule has 0 saturated carbocycles. The van der Waals surface area contributed by atoms with E-state index in [-0.39, 0.29) is 0 Å². The van der Waals surface area contributed by atoms with Crippen LogP contribution in [0.15, 0.2) is 122 Å². The predicted octanol–water partition coefficient (Wildman–Crippen LogP) is 4.77. The standard InChI is InChI=1S/C29H26N4/c1-3-7-28-17-24(9-11-26(28)5-1)19-30-13-15-32(21-30)23-33-16-14-31(22-33)20-25-10-12-27-6-2-4-8-29(27)18-25/h1-18,21-22H,19-20,23H2/q+2. The summed E-state index contributed by atoms with van der Waals surface area (Å²) < 4.78 is 8.89. The quantitative estimate of drug-likeness (QED) is 0.339. The Labute approximate surface area is 193 Å². The molecule has 0 fully saturated rings. The van der Waals surface area contributed by atoms with Gasteiger partial charge in [0.2, 0.25) is 19.3 Å². The van der Waals surface area contributed by atoms with E-state index in [1.165, 1.54) is 32.7 Å². The van der Waals surface area contributed by atoms with Crippen LogP contribution in [0, 0.1) is 0 Å². The maximum atomic E-state index is 2.28. The molecule has 4 nitrogen and oxygen atoms in total.